The topological polar surface area (TPSA) is 352 Å². The molecule has 3 aliphatic heterocycles. The minimum absolute atomic E-state index is 0.260. The van der Waals surface area contributed by atoms with E-state index in [1.54, 1.807) is 0 Å². The molecule has 3 saturated heterocycles. The van der Waals surface area contributed by atoms with Crippen molar-refractivity contribution in [1.29, 1.82) is 0 Å². The molecular formula is C32H42N8O14. The van der Waals surface area contributed by atoms with Gasteiger partial charge in [-0.3, -0.25) is 28.3 Å². The fourth-order valence-corrected chi connectivity index (χ4v) is 6.00. The number of carbonyl (C=O) groups excluding carboxylic acids is 4. The Morgan fingerprint density at radius 3 is 1.76 bits per heavy atom. The minimum Gasteiger partial charge on any atom is -0.493 e. The van der Waals surface area contributed by atoms with Gasteiger partial charge in [-0.2, -0.15) is 0 Å². The minimum atomic E-state index is -1.47. The quantitative estimate of drug-likeness (QED) is 0.0786. The van der Waals surface area contributed by atoms with E-state index in [0.29, 0.717) is 6.42 Å². The van der Waals surface area contributed by atoms with Crippen molar-refractivity contribution in [2.45, 2.75) is 80.4 Å². The van der Waals surface area contributed by atoms with E-state index in [9.17, 15) is 49.8 Å². The van der Waals surface area contributed by atoms with E-state index in [1.807, 2.05) is 30.3 Å². The van der Waals surface area contributed by atoms with Crippen LogP contribution in [0, 0.1) is 0 Å². The lowest BCUT2D eigenvalue weighted by Crippen LogP contribution is -2.38. The number of aliphatic hydroxyl groups excluding tert-OH is 4. The molecule has 3 aliphatic rings. The highest BCUT2D eigenvalue weighted by Gasteiger charge is 2.47. The van der Waals surface area contributed by atoms with Crippen molar-refractivity contribution in [2.75, 3.05) is 19.8 Å². The summed E-state index contributed by atoms with van der Waals surface area (Å²) in [6.07, 6.45) is -6.27. The Kier molecular flexibility index (Phi) is 12.8. The third-order valence-electron chi connectivity index (χ3n) is 8.95. The van der Waals surface area contributed by atoms with E-state index in [4.69, 9.17) is 36.1 Å². The number of nitrogens with one attached hydrogen (secondary N) is 1. The highest BCUT2D eigenvalue weighted by molar-refractivity contribution is 5.93. The highest BCUT2D eigenvalue weighted by atomic mass is 16.6. The smallest absolute Gasteiger partial charge is 0.323 e. The number of ether oxygens (including phenoxy) is 4. The number of aromatic hydroxyl groups is 2. The van der Waals surface area contributed by atoms with Gasteiger partial charge in [-0.15, -0.1) is 0 Å². The van der Waals surface area contributed by atoms with Crippen LogP contribution in [-0.2, 0) is 35.0 Å². The molecule has 0 saturated carbocycles. The van der Waals surface area contributed by atoms with E-state index in [2.05, 4.69) is 15.3 Å². The Morgan fingerprint density at radius 1 is 0.815 bits per heavy atom. The summed E-state index contributed by atoms with van der Waals surface area (Å²) in [6.45, 7) is 0.114. The first-order valence-electron chi connectivity index (χ1n) is 16.7. The molecule has 3 aromatic rings. The number of aromatic nitrogens is 4. The van der Waals surface area contributed by atoms with Crippen LogP contribution in [0.3, 0.4) is 0 Å². The Labute approximate surface area is 306 Å². The second-order valence-electron chi connectivity index (χ2n) is 12.7. The van der Waals surface area contributed by atoms with Gasteiger partial charge in [-0.25, -0.2) is 9.97 Å². The molecule has 6 rings (SSSR count). The maximum absolute atomic E-state index is 12.1. The Morgan fingerprint density at radius 2 is 1.31 bits per heavy atom. The maximum Gasteiger partial charge on any atom is 0.323 e. The predicted octanol–water partition coefficient (Wildman–Crippen LogP) is -3.98. The first-order chi connectivity index (χ1) is 25.7. The second kappa shape index (κ2) is 17.3. The Hall–Kier alpha value is -5.20. The van der Waals surface area contributed by atoms with Gasteiger partial charge in [0.15, 0.2) is 23.8 Å². The number of nitrogens with zero attached hydrogens (tertiary/aromatic N) is 4. The number of primary amides is 2. The van der Waals surface area contributed by atoms with E-state index >= 15 is 0 Å². The molecule has 0 radical (unpaired) electrons. The average Bonchev–Trinajstić information content (AvgIpc) is 3.98. The third-order valence-corrected chi connectivity index (χ3v) is 8.95. The van der Waals surface area contributed by atoms with Gasteiger partial charge < -0.3 is 72.1 Å². The highest BCUT2D eigenvalue weighted by Crippen LogP contribution is 2.35. The van der Waals surface area contributed by atoms with Gasteiger partial charge >= 0.3 is 11.9 Å². The van der Waals surface area contributed by atoms with Gasteiger partial charge in [0.1, 0.15) is 74.6 Å². The monoisotopic (exact) mass is 762 g/mol. The van der Waals surface area contributed by atoms with E-state index in [0.717, 1.165) is 40.3 Å². The molecule has 0 spiro atoms. The van der Waals surface area contributed by atoms with Gasteiger partial charge in [-0.05, 0) is 31.4 Å². The number of hydrogen-bond donors (Lipinski definition) is 10. The number of rotatable bonds is 12. The van der Waals surface area contributed by atoms with Crippen LogP contribution in [-0.4, -0.2) is 142 Å². The number of nitrogens with two attached hydrogens (primary N) is 3. The van der Waals surface area contributed by atoms with Crippen molar-refractivity contribution in [1.82, 2.24) is 24.4 Å². The molecule has 10 atom stereocenters. The average molecular weight is 763 g/mol. The summed E-state index contributed by atoms with van der Waals surface area (Å²) in [5, 5.41) is 63.5. The molecular weight excluding hydrogens is 720 g/mol. The molecule has 2 unspecified atom stereocenters. The number of aliphatic hydroxyl groups is 4. The Bertz CT molecular complexity index is 1780. The van der Waals surface area contributed by atoms with Crippen LogP contribution in [0.5, 0.6) is 11.8 Å². The first-order valence-corrected chi connectivity index (χ1v) is 16.7. The van der Waals surface area contributed by atoms with Crippen LogP contribution < -0.4 is 22.5 Å². The fraction of sp³-hybridized carbons (Fsp3) is 0.500. The summed E-state index contributed by atoms with van der Waals surface area (Å²) >= 11 is 0. The molecule has 0 bridgehead atoms. The summed E-state index contributed by atoms with van der Waals surface area (Å²) in [4.78, 5) is 53.6. The van der Waals surface area contributed by atoms with Crippen molar-refractivity contribution in [3.63, 3.8) is 0 Å². The molecule has 3 fully saturated rings. The van der Waals surface area contributed by atoms with Crippen LogP contribution in [0.15, 0.2) is 43.0 Å². The van der Waals surface area contributed by atoms with Crippen LogP contribution in [0.4, 0.5) is 0 Å². The van der Waals surface area contributed by atoms with Gasteiger partial charge in [0.2, 0.25) is 11.8 Å². The number of benzene rings is 1. The molecule has 54 heavy (non-hydrogen) atoms. The molecule has 1 aromatic carbocycles. The SMILES string of the molecule is NC(=O)c1ncn([C@@H]2O[C@H](COC(=O)[C@@H](N)Cc3ccccc3)C(O)[C@H]2O)c1O.NC(=O)c1ncn([C@@H]2O[C@H](COC(=O)[C@@H]3CCCN3)C(O)[C@H]2O)c1O. The molecule has 0 aliphatic carbocycles. The van der Waals surface area contributed by atoms with Gasteiger partial charge in [0, 0.05) is 0 Å². The zero-order valence-corrected chi connectivity index (χ0v) is 28.5. The molecule has 2 aromatic heterocycles. The second-order valence-corrected chi connectivity index (χ2v) is 12.7. The van der Waals surface area contributed by atoms with E-state index in [-0.39, 0.29) is 31.4 Å². The summed E-state index contributed by atoms with van der Waals surface area (Å²) in [5.74, 6) is -4.25. The first kappa shape index (κ1) is 40.0. The van der Waals surface area contributed by atoms with E-state index < -0.39 is 96.3 Å². The zero-order chi connectivity index (χ0) is 39.3. The van der Waals surface area contributed by atoms with Crippen molar-refractivity contribution < 1.29 is 68.8 Å². The van der Waals surface area contributed by atoms with Crippen LogP contribution in [0.25, 0.3) is 0 Å². The number of carbonyl (C=O) groups is 4. The summed E-state index contributed by atoms with van der Waals surface area (Å²) in [6, 6.07) is 7.87. The lowest BCUT2D eigenvalue weighted by Gasteiger charge is -2.17. The molecule has 22 heteroatoms. The lowest BCUT2D eigenvalue weighted by molar-refractivity contribution is -0.152. The zero-order valence-electron chi connectivity index (χ0n) is 28.5. The van der Waals surface area contributed by atoms with Gasteiger partial charge in [0.25, 0.3) is 11.8 Å². The van der Waals surface area contributed by atoms with E-state index in [1.165, 1.54) is 0 Å². The van der Waals surface area contributed by atoms with Crippen molar-refractivity contribution >= 4 is 23.8 Å². The Balaban J connectivity index is 0.000000210. The summed E-state index contributed by atoms with van der Waals surface area (Å²) < 4.78 is 23.1. The van der Waals surface area contributed by atoms with Crippen molar-refractivity contribution in [3.8, 4) is 11.8 Å². The lowest BCUT2D eigenvalue weighted by atomic mass is 10.1. The number of hydrogen-bond acceptors (Lipinski definition) is 18. The van der Waals surface area contributed by atoms with Crippen molar-refractivity contribution in [3.05, 3.63) is 59.9 Å². The third kappa shape index (κ3) is 8.77. The standard InChI is InChI=1S/C18H22N4O7.C14H20N4O7/c19-10(6-9-4-2-1-3-5-9)18(27)28-7-11-13(23)14(24)17(29-11)22-8-21-12(15(20)25)16(22)26;15-11(21)8-12(22)18(5-17-8)13-10(20)9(19)7(25-13)4-24-14(23)6-2-1-3-16-6/h1-5,8,10-11,13-14,17,23-24,26H,6-7,19H2,(H2,20,25);5-7,9-10,13,16,19-20,22H,1-4H2,(H2,15,21)/t10-,11+,13?,14+,17+;6-,7+,9?,10+,13+/m00/s1. The normalized spacial score (nSPS) is 28.2. The van der Waals surface area contributed by atoms with Crippen LogP contribution in [0.2, 0.25) is 0 Å². The largest absolute Gasteiger partial charge is 0.493 e. The predicted molar refractivity (Wildman–Crippen MR) is 178 cm³/mol. The maximum atomic E-state index is 12.1. The molecule has 13 N–H and O–H groups in total. The van der Waals surface area contributed by atoms with Gasteiger partial charge in [-0.1, -0.05) is 30.3 Å². The van der Waals surface area contributed by atoms with Crippen LogP contribution >= 0.6 is 0 Å². The molecule has 22 nitrogen and oxygen atoms in total. The number of amides is 2. The fourth-order valence-electron chi connectivity index (χ4n) is 6.00. The van der Waals surface area contributed by atoms with Gasteiger partial charge in [0.05, 0.1) is 0 Å². The molecule has 2 amide bonds. The summed E-state index contributed by atoms with van der Waals surface area (Å²) in [5.41, 5.74) is 16.1. The van der Waals surface area contributed by atoms with Crippen molar-refractivity contribution in [2.24, 2.45) is 17.2 Å². The summed E-state index contributed by atoms with van der Waals surface area (Å²) in [7, 11) is 0. The van der Waals surface area contributed by atoms with Crippen LogP contribution in [0.1, 0.15) is 51.8 Å². The molecule has 5 heterocycles. The number of esters is 2. The molecule has 294 valence electrons. The number of imidazole rings is 2.